The number of phenolic OH excluding ortho intramolecular Hbond substituents is 1. The van der Waals surface area contributed by atoms with Crippen LogP contribution in [0.25, 0.3) is 0 Å². The molecule has 1 fully saturated rings. The molecule has 0 atom stereocenters. The Morgan fingerprint density at radius 1 is 0.968 bits per heavy atom. The number of benzene rings is 2. The van der Waals surface area contributed by atoms with Crippen molar-refractivity contribution in [3.8, 4) is 23.0 Å². The summed E-state index contributed by atoms with van der Waals surface area (Å²) < 4.78 is 16.4. The molecule has 2 aromatic rings. The van der Waals surface area contributed by atoms with E-state index in [1.165, 1.54) is 0 Å². The summed E-state index contributed by atoms with van der Waals surface area (Å²) in [5.41, 5.74) is 1.79. The molecule has 168 valence electrons. The number of rotatable bonds is 7. The molecular weight excluding hydrogens is 396 g/mol. The molecule has 0 aromatic heterocycles. The summed E-state index contributed by atoms with van der Waals surface area (Å²) in [5, 5.41) is 13.5. The van der Waals surface area contributed by atoms with Gasteiger partial charge in [-0.05, 0) is 31.2 Å². The number of ether oxygens (including phenoxy) is 3. The Balaban J connectivity index is 1.74. The molecule has 2 N–H and O–H groups in total. The molecule has 31 heavy (non-hydrogen) atoms. The van der Waals surface area contributed by atoms with Gasteiger partial charge in [0, 0.05) is 38.3 Å². The average Bonchev–Trinajstić information content (AvgIpc) is 2.81. The summed E-state index contributed by atoms with van der Waals surface area (Å²) in [7, 11) is 4.82. The lowest BCUT2D eigenvalue weighted by molar-refractivity contribution is 0.322. The summed E-state index contributed by atoms with van der Waals surface area (Å²) in [5.74, 6) is 3.00. The van der Waals surface area contributed by atoms with Crippen LogP contribution in [0.5, 0.6) is 23.0 Å². The van der Waals surface area contributed by atoms with Crippen molar-refractivity contribution in [1.29, 1.82) is 0 Å². The number of methoxy groups -OCH3 is 3. The predicted molar refractivity (Wildman–Crippen MR) is 123 cm³/mol. The first kappa shape index (κ1) is 22.4. The number of guanidine groups is 1. The van der Waals surface area contributed by atoms with Crippen LogP contribution < -0.4 is 24.4 Å². The van der Waals surface area contributed by atoms with Crippen LogP contribution in [0, 0.1) is 0 Å². The maximum absolute atomic E-state index is 10.1. The smallest absolute Gasteiger partial charge is 0.203 e. The molecule has 8 nitrogen and oxygen atoms in total. The first-order valence-electron chi connectivity index (χ1n) is 10.5. The van der Waals surface area contributed by atoms with E-state index in [0.717, 1.165) is 49.9 Å². The molecule has 0 unspecified atom stereocenters. The average molecular weight is 429 g/mol. The maximum Gasteiger partial charge on any atom is 0.203 e. The van der Waals surface area contributed by atoms with Gasteiger partial charge in [-0.25, -0.2) is 4.99 Å². The van der Waals surface area contributed by atoms with Gasteiger partial charge in [-0.3, -0.25) is 0 Å². The molecule has 8 heteroatoms. The van der Waals surface area contributed by atoms with Gasteiger partial charge in [0.15, 0.2) is 17.5 Å². The molecule has 0 saturated carbocycles. The third-order valence-electron chi connectivity index (χ3n) is 5.32. The van der Waals surface area contributed by atoms with Crippen molar-refractivity contribution < 1.29 is 19.3 Å². The molecular formula is C23H32N4O4. The third-order valence-corrected chi connectivity index (χ3v) is 5.32. The van der Waals surface area contributed by atoms with Gasteiger partial charge in [0.25, 0.3) is 0 Å². The van der Waals surface area contributed by atoms with Gasteiger partial charge in [0.05, 0.1) is 33.6 Å². The highest BCUT2D eigenvalue weighted by molar-refractivity contribution is 5.80. The molecule has 0 spiro atoms. The van der Waals surface area contributed by atoms with Gasteiger partial charge in [0.2, 0.25) is 5.75 Å². The van der Waals surface area contributed by atoms with Gasteiger partial charge in [-0.2, -0.15) is 0 Å². The van der Waals surface area contributed by atoms with Gasteiger partial charge < -0.3 is 34.4 Å². The molecule has 1 aliphatic heterocycles. The van der Waals surface area contributed by atoms with Crippen molar-refractivity contribution in [1.82, 2.24) is 10.2 Å². The zero-order valence-corrected chi connectivity index (χ0v) is 18.7. The molecule has 0 aliphatic carbocycles. The van der Waals surface area contributed by atoms with E-state index in [4.69, 9.17) is 19.2 Å². The first-order chi connectivity index (χ1) is 15.1. The third kappa shape index (κ3) is 5.07. The van der Waals surface area contributed by atoms with Gasteiger partial charge in [0.1, 0.15) is 5.75 Å². The Hall–Kier alpha value is -3.29. The number of nitrogens with zero attached hydrogens (tertiary/aromatic N) is 3. The van der Waals surface area contributed by atoms with Gasteiger partial charge >= 0.3 is 0 Å². The second-order valence-electron chi connectivity index (χ2n) is 7.13. The molecule has 0 radical (unpaired) electrons. The fourth-order valence-electron chi connectivity index (χ4n) is 3.76. The first-order valence-corrected chi connectivity index (χ1v) is 10.5. The van der Waals surface area contributed by atoms with E-state index >= 15 is 0 Å². The number of piperazine rings is 1. The second kappa shape index (κ2) is 10.7. The zero-order valence-electron chi connectivity index (χ0n) is 18.7. The van der Waals surface area contributed by atoms with Crippen molar-refractivity contribution in [3.05, 3.63) is 42.0 Å². The van der Waals surface area contributed by atoms with E-state index in [9.17, 15) is 5.11 Å². The Labute approximate surface area is 184 Å². The normalized spacial score (nSPS) is 14.4. The predicted octanol–water partition coefficient (Wildman–Crippen LogP) is 2.71. The lowest BCUT2D eigenvalue weighted by atomic mass is 10.1. The van der Waals surface area contributed by atoms with Crippen molar-refractivity contribution in [3.63, 3.8) is 0 Å². The highest BCUT2D eigenvalue weighted by Crippen LogP contribution is 2.40. The standard InChI is InChI=1S/C23H32N4O4/c1-5-24-23(25-16-17-10-11-20(29-2)22(31-4)21(17)30-3)27-14-12-26(13-15-27)18-8-6-7-9-19(18)28/h6-11,28H,5,12-16H2,1-4H3,(H,24,25). The van der Waals surface area contributed by atoms with Crippen LogP contribution >= 0.6 is 0 Å². The van der Waals surface area contributed by atoms with E-state index in [1.807, 2.05) is 30.3 Å². The molecule has 1 heterocycles. The van der Waals surface area contributed by atoms with Crippen LogP contribution in [-0.4, -0.2) is 70.0 Å². The summed E-state index contributed by atoms with van der Waals surface area (Å²) >= 11 is 0. The lowest BCUT2D eigenvalue weighted by Gasteiger charge is -2.37. The minimum atomic E-state index is 0.317. The number of aromatic hydroxyl groups is 1. The van der Waals surface area contributed by atoms with Crippen molar-refractivity contribution in [2.75, 3.05) is 59.0 Å². The van der Waals surface area contributed by atoms with Crippen molar-refractivity contribution in [2.45, 2.75) is 13.5 Å². The zero-order chi connectivity index (χ0) is 22.2. The van der Waals surface area contributed by atoms with E-state index < -0.39 is 0 Å². The summed E-state index contributed by atoms with van der Waals surface area (Å²) in [6, 6.07) is 11.3. The Bertz CT molecular complexity index is 895. The van der Waals surface area contributed by atoms with Gasteiger partial charge in [-0.1, -0.05) is 12.1 Å². The molecule has 0 bridgehead atoms. The molecule has 1 aliphatic rings. The van der Waals surface area contributed by atoms with Crippen molar-refractivity contribution in [2.24, 2.45) is 4.99 Å². The summed E-state index contributed by atoms with van der Waals surface area (Å²) in [4.78, 5) is 9.29. The number of nitrogens with one attached hydrogen (secondary N) is 1. The Kier molecular flexibility index (Phi) is 7.70. The van der Waals surface area contributed by atoms with Crippen LogP contribution in [0.2, 0.25) is 0 Å². The van der Waals surface area contributed by atoms with Crippen LogP contribution in [0.3, 0.4) is 0 Å². The fraction of sp³-hybridized carbons (Fsp3) is 0.435. The minimum absolute atomic E-state index is 0.317. The highest BCUT2D eigenvalue weighted by atomic mass is 16.5. The summed E-state index contributed by atoms with van der Waals surface area (Å²) in [6.45, 7) is 6.52. The monoisotopic (exact) mass is 428 g/mol. The number of anilines is 1. The van der Waals surface area contributed by atoms with E-state index in [1.54, 1.807) is 27.4 Å². The topological polar surface area (TPSA) is 78.8 Å². The van der Waals surface area contributed by atoms with E-state index in [-0.39, 0.29) is 0 Å². The second-order valence-corrected chi connectivity index (χ2v) is 7.13. The van der Waals surface area contributed by atoms with Crippen LogP contribution in [0.4, 0.5) is 5.69 Å². The number of para-hydroxylation sites is 2. The van der Waals surface area contributed by atoms with E-state index in [0.29, 0.717) is 29.5 Å². The van der Waals surface area contributed by atoms with E-state index in [2.05, 4.69) is 22.0 Å². The Morgan fingerprint density at radius 3 is 2.29 bits per heavy atom. The van der Waals surface area contributed by atoms with Gasteiger partial charge in [-0.15, -0.1) is 0 Å². The number of aliphatic imine (C=N–C) groups is 1. The summed E-state index contributed by atoms with van der Waals surface area (Å²) in [6.07, 6.45) is 0. The molecule has 0 amide bonds. The SMILES string of the molecule is CCNC(=NCc1ccc(OC)c(OC)c1OC)N1CCN(c2ccccc2O)CC1. The van der Waals surface area contributed by atoms with Crippen molar-refractivity contribution >= 4 is 11.6 Å². The molecule has 3 rings (SSSR count). The van der Waals surface area contributed by atoms with Crippen LogP contribution in [0.15, 0.2) is 41.4 Å². The van der Waals surface area contributed by atoms with Crippen LogP contribution in [-0.2, 0) is 6.54 Å². The number of phenols is 1. The number of hydrogen-bond acceptors (Lipinski definition) is 6. The quantitative estimate of drug-likeness (QED) is 0.519. The minimum Gasteiger partial charge on any atom is -0.506 e. The maximum atomic E-state index is 10.1. The largest absolute Gasteiger partial charge is 0.506 e. The number of hydrogen-bond donors (Lipinski definition) is 2. The Morgan fingerprint density at radius 2 is 1.68 bits per heavy atom. The lowest BCUT2D eigenvalue weighted by Crippen LogP contribution is -2.52. The molecule has 2 aromatic carbocycles. The molecule has 1 saturated heterocycles. The highest BCUT2D eigenvalue weighted by Gasteiger charge is 2.22. The van der Waals surface area contributed by atoms with Crippen LogP contribution in [0.1, 0.15) is 12.5 Å². The fourth-order valence-corrected chi connectivity index (χ4v) is 3.76.